The molecule has 4 aromatic carbocycles. The van der Waals surface area contributed by atoms with Gasteiger partial charge in [-0.1, -0.05) is 46.4 Å². The fraction of sp³-hybridized carbons (Fsp3) is 0.368. The summed E-state index contributed by atoms with van der Waals surface area (Å²) < 4.78 is 35.9. The molecule has 0 amide bonds. The van der Waals surface area contributed by atoms with Gasteiger partial charge in [-0.3, -0.25) is 28.6 Å². The zero-order chi connectivity index (χ0) is 46.3. The second-order valence-electron chi connectivity index (χ2n) is 15.1. The molecule has 0 aromatic heterocycles. The molecular formula is C38H48Cl4N10O8S. The number of nitro groups is 2. The van der Waals surface area contributed by atoms with Gasteiger partial charge in [-0.2, -0.15) is 10.2 Å². The molecule has 0 saturated heterocycles. The second kappa shape index (κ2) is 23.6. The Labute approximate surface area is 375 Å². The number of nitrogens with zero attached hydrogens (tertiary/aromatic N) is 10. The maximum atomic E-state index is 10.8. The lowest BCUT2D eigenvalue weighted by Gasteiger charge is -2.29. The van der Waals surface area contributed by atoms with Crippen molar-refractivity contribution < 1.29 is 36.3 Å². The van der Waals surface area contributed by atoms with E-state index < -0.39 is 20.2 Å². The molecule has 0 N–H and O–H groups in total. The third-order valence-corrected chi connectivity index (χ3v) is 9.38. The Hall–Kier alpha value is -4.57. The van der Waals surface area contributed by atoms with E-state index in [9.17, 15) is 20.2 Å². The standard InChI is InChI=1S/2C19H24Cl2N5O2.H2O4S/c2*1-5-24(10-11-26(2,3)4)15-8-6-14(7-9-15)22-23-19-17(20)12-16(25(27)28)13-18(19)21;1-5(2,3)4/h2*6-9,12-13H,5,10-11H2,1-4H3;(H2,1,2,3,4)/q2*+1;/p-2. The van der Waals surface area contributed by atoms with E-state index in [1.54, 1.807) is 0 Å². The van der Waals surface area contributed by atoms with Gasteiger partial charge in [0.2, 0.25) is 0 Å². The number of rotatable bonds is 16. The maximum absolute atomic E-state index is 10.8. The highest BCUT2D eigenvalue weighted by Crippen LogP contribution is 2.39. The molecule has 0 unspecified atom stereocenters. The van der Waals surface area contributed by atoms with Gasteiger partial charge in [0.05, 0.1) is 110 Å². The van der Waals surface area contributed by atoms with E-state index in [-0.39, 0.29) is 42.8 Å². The number of hydrogen-bond donors (Lipinski definition) is 0. The van der Waals surface area contributed by atoms with Crippen molar-refractivity contribution in [3.63, 3.8) is 0 Å². The zero-order valence-electron chi connectivity index (χ0n) is 34.8. The van der Waals surface area contributed by atoms with Gasteiger partial charge in [0.25, 0.3) is 11.4 Å². The van der Waals surface area contributed by atoms with Crippen molar-refractivity contribution in [1.82, 2.24) is 0 Å². The summed E-state index contributed by atoms with van der Waals surface area (Å²) in [6.07, 6.45) is 0. The molecule has 18 nitrogen and oxygen atoms in total. The van der Waals surface area contributed by atoms with Crippen LogP contribution in [0.2, 0.25) is 20.1 Å². The van der Waals surface area contributed by atoms with E-state index >= 15 is 0 Å². The smallest absolute Gasteiger partial charge is 0.272 e. The summed E-state index contributed by atoms with van der Waals surface area (Å²) in [7, 11) is 7.87. The highest BCUT2D eigenvalue weighted by Gasteiger charge is 2.17. The Morgan fingerprint density at radius 1 is 0.557 bits per heavy atom. The highest BCUT2D eigenvalue weighted by molar-refractivity contribution is 7.79. The number of benzene rings is 4. The van der Waals surface area contributed by atoms with Crippen LogP contribution in [0.3, 0.4) is 0 Å². The fourth-order valence-electron chi connectivity index (χ4n) is 4.96. The molecular weight excluding hydrogens is 898 g/mol. The van der Waals surface area contributed by atoms with Crippen molar-refractivity contribution in [2.24, 2.45) is 20.5 Å². The summed E-state index contributed by atoms with van der Waals surface area (Å²) in [4.78, 5) is 25.2. The van der Waals surface area contributed by atoms with E-state index in [0.29, 0.717) is 11.4 Å². The van der Waals surface area contributed by atoms with E-state index in [0.717, 1.165) is 59.6 Å². The van der Waals surface area contributed by atoms with Crippen LogP contribution in [0.25, 0.3) is 0 Å². The van der Waals surface area contributed by atoms with Crippen molar-refractivity contribution in [3.05, 3.63) is 113 Å². The third-order valence-electron chi connectivity index (χ3n) is 8.23. The molecule has 0 atom stereocenters. The van der Waals surface area contributed by atoms with Gasteiger partial charge in [0.15, 0.2) is 0 Å². The van der Waals surface area contributed by atoms with Crippen molar-refractivity contribution >= 4 is 102 Å². The van der Waals surface area contributed by atoms with Crippen molar-refractivity contribution in [2.75, 3.05) is 91.4 Å². The van der Waals surface area contributed by atoms with E-state index in [1.807, 2.05) is 48.5 Å². The molecule has 23 heteroatoms. The van der Waals surface area contributed by atoms with E-state index in [2.05, 4.69) is 86.4 Å². The van der Waals surface area contributed by atoms with Crippen LogP contribution >= 0.6 is 46.4 Å². The molecule has 0 heterocycles. The van der Waals surface area contributed by atoms with Crippen LogP contribution in [0.15, 0.2) is 93.3 Å². The first kappa shape index (κ1) is 52.6. The van der Waals surface area contributed by atoms with Crippen molar-refractivity contribution in [1.29, 1.82) is 0 Å². The van der Waals surface area contributed by atoms with Crippen LogP contribution in [-0.4, -0.2) is 118 Å². The molecule has 0 spiro atoms. The number of hydrogen-bond acceptors (Lipinski definition) is 14. The Morgan fingerprint density at radius 3 is 1.03 bits per heavy atom. The SMILES string of the molecule is CCN(CC[N+](C)(C)C)c1ccc(N=Nc2c(Cl)cc([N+](=O)[O-])cc2Cl)cc1.CCN(CC[N+](C)(C)C)c1ccc(N=Nc2c(Cl)cc([N+](=O)[O-])cc2Cl)cc1.O=S(=O)([O-])[O-]. The number of quaternary nitrogens is 2. The molecule has 0 fully saturated rings. The van der Waals surface area contributed by atoms with Gasteiger partial charge in [0, 0.05) is 59.1 Å². The number of likely N-dealkylation sites (N-methyl/N-ethyl adjacent to an activating group) is 4. The molecule has 0 aliphatic rings. The van der Waals surface area contributed by atoms with Crippen LogP contribution in [0.1, 0.15) is 13.8 Å². The minimum atomic E-state index is -5.17. The summed E-state index contributed by atoms with van der Waals surface area (Å²) in [5.74, 6) is 0. The average molecular weight is 947 g/mol. The van der Waals surface area contributed by atoms with Crippen LogP contribution in [0.4, 0.5) is 45.5 Å². The quantitative estimate of drug-likeness (QED) is 0.0258. The van der Waals surface area contributed by atoms with Crippen LogP contribution in [0.5, 0.6) is 0 Å². The number of non-ortho nitro benzene ring substituents is 2. The van der Waals surface area contributed by atoms with Gasteiger partial charge in [-0.25, -0.2) is 0 Å². The largest absolute Gasteiger partial charge is 0.759 e. The predicted molar refractivity (Wildman–Crippen MR) is 240 cm³/mol. The van der Waals surface area contributed by atoms with E-state index in [4.69, 9.17) is 63.9 Å². The summed E-state index contributed by atoms with van der Waals surface area (Å²) in [5, 5.41) is 38.4. The Bertz CT molecular complexity index is 2070. The summed E-state index contributed by atoms with van der Waals surface area (Å²) in [5.41, 5.74) is 3.53. The lowest BCUT2D eigenvalue weighted by molar-refractivity contribution is -0.868. The number of anilines is 2. The molecule has 4 aromatic rings. The number of halogens is 4. The molecule has 0 aliphatic heterocycles. The lowest BCUT2D eigenvalue weighted by Crippen LogP contribution is -2.42. The molecule has 0 bridgehead atoms. The first-order valence-electron chi connectivity index (χ1n) is 18.3. The van der Waals surface area contributed by atoms with Crippen LogP contribution in [-0.2, 0) is 10.4 Å². The van der Waals surface area contributed by atoms with Gasteiger partial charge < -0.3 is 27.9 Å². The Kier molecular flexibility index (Phi) is 20.3. The lowest BCUT2D eigenvalue weighted by atomic mass is 10.2. The van der Waals surface area contributed by atoms with Crippen molar-refractivity contribution in [3.8, 4) is 0 Å². The molecule has 0 aliphatic carbocycles. The van der Waals surface area contributed by atoms with Crippen LogP contribution in [0, 0.1) is 20.2 Å². The zero-order valence-corrected chi connectivity index (χ0v) is 38.7. The van der Waals surface area contributed by atoms with Crippen LogP contribution < -0.4 is 9.80 Å². The van der Waals surface area contributed by atoms with E-state index in [1.165, 1.54) is 24.3 Å². The maximum Gasteiger partial charge on any atom is 0.272 e. The van der Waals surface area contributed by atoms with Gasteiger partial charge in [0.1, 0.15) is 11.4 Å². The third kappa shape index (κ3) is 19.8. The molecule has 4 rings (SSSR count). The van der Waals surface area contributed by atoms with Gasteiger partial charge >= 0.3 is 0 Å². The van der Waals surface area contributed by atoms with Crippen molar-refractivity contribution in [2.45, 2.75) is 13.8 Å². The Balaban J connectivity index is 0.000000378. The van der Waals surface area contributed by atoms with Gasteiger partial charge in [-0.05, 0) is 62.4 Å². The second-order valence-corrected chi connectivity index (χ2v) is 17.5. The fourth-order valence-corrected chi connectivity index (χ4v) is 6.07. The summed E-state index contributed by atoms with van der Waals surface area (Å²) in [6.45, 7) is 10.1. The minimum Gasteiger partial charge on any atom is -0.759 e. The predicted octanol–water partition coefficient (Wildman–Crippen LogP) is 10.4. The molecule has 332 valence electrons. The number of azo groups is 2. The highest BCUT2D eigenvalue weighted by atomic mass is 35.5. The minimum absolute atomic E-state index is 0.0806. The van der Waals surface area contributed by atoms with Gasteiger partial charge in [-0.15, -0.1) is 10.2 Å². The molecule has 0 radical (unpaired) electrons. The normalized spacial score (nSPS) is 11.8. The summed E-state index contributed by atoms with van der Waals surface area (Å²) in [6, 6.07) is 20.2. The molecule has 61 heavy (non-hydrogen) atoms. The summed E-state index contributed by atoms with van der Waals surface area (Å²) >= 11 is 24.2. The number of nitro benzene ring substituents is 2. The first-order valence-corrected chi connectivity index (χ1v) is 21.1. The average Bonchev–Trinajstić information content (AvgIpc) is 3.14. The topological polar surface area (TPSA) is 222 Å². The first-order chi connectivity index (χ1) is 28.2. The Morgan fingerprint density at radius 2 is 0.820 bits per heavy atom. The monoisotopic (exact) mass is 944 g/mol. The molecule has 0 saturated carbocycles.